The maximum atomic E-state index is 12.9. The molecule has 2 aromatic heterocycles. The van der Waals surface area contributed by atoms with Crippen molar-refractivity contribution in [2.75, 3.05) is 56.8 Å². The molecule has 4 heterocycles. The minimum Gasteiger partial charge on any atom is -0.495 e. The van der Waals surface area contributed by atoms with Gasteiger partial charge in [-0.1, -0.05) is 23.2 Å². The molecule has 2 aliphatic rings. The number of methoxy groups -OCH3 is 2. The molecule has 2 fully saturated rings. The van der Waals surface area contributed by atoms with Crippen LogP contribution >= 0.6 is 23.2 Å². The first kappa shape index (κ1) is 40.7. The molecule has 0 aliphatic carbocycles. The van der Waals surface area contributed by atoms with Crippen molar-refractivity contribution >= 4 is 66.3 Å². The fraction of sp³-hybridized carbons (Fsp3) is 0.353. The first-order valence-corrected chi connectivity index (χ1v) is 20.4. The van der Waals surface area contributed by atoms with Gasteiger partial charge in [0.15, 0.2) is 0 Å². The molecule has 2 saturated heterocycles. The Labute approximate surface area is 323 Å². The average Bonchev–Trinajstić information content (AvgIpc) is 3.16. The number of nitrogens with two attached hydrogens (primary N) is 1. The molecular formula is C34H40Cl2N8O8S2. The van der Waals surface area contributed by atoms with Gasteiger partial charge in [0.2, 0.25) is 25.9 Å². The second kappa shape index (κ2) is 17.8. The van der Waals surface area contributed by atoms with E-state index in [1.165, 1.54) is 71.5 Å². The van der Waals surface area contributed by atoms with E-state index in [1.54, 1.807) is 24.4 Å². The number of piperidine rings is 2. The lowest BCUT2D eigenvalue weighted by atomic mass is 10.1. The van der Waals surface area contributed by atoms with Gasteiger partial charge in [-0.15, -0.1) is 0 Å². The number of nitrogens with zero attached hydrogens (tertiary/aromatic N) is 5. The molecule has 20 heteroatoms. The van der Waals surface area contributed by atoms with Crippen LogP contribution in [0, 0.1) is 10.1 Å². The van der Waals surface area contributed by atoms with Gasteiger partial charge in [0.25, 0.3) is 0 Å². The van der Waals surface area contributed by atoms with E-state index in [0.717, 1.165) is 0 Å². The third-order valence-corrected chi connectivity index (χ3v) is 13.3. The van der Waals surface area contributed by atoms with Gasteiger partial charge < -0.3 is 25.8 Å². The van der Waals surface area contributed by atoms with Gasteiger partial charge in [-0.2, -0.15) is 8.61 Å². The van der Waals surface area contributed by atoms with E-state index in [1.807, 2.05) is 0 Å². The van der Waals surface area contributed by atoms with Gasteiger partial charge in [0.05, 0.1) is 44.7 Å². The number of aromatic nitrogens is 2. The molecule has 0 atom stereocenters. The monoisotopic (exact) mass is 822 g/mol. The first-order valence-electron chi connectivity index (χ1n) is 16.7. The van der Waals surface area contributed by atoms with Crippen molar-refractivity contribution in [3.8, 4) is 11.5 Å². The largest absolute Gasteiger partial charge is 0.495 e. The molecule has 0 saturated carbocycles. The summed E-state index contributed by atoms with van der Waals surface area (Å²) in [6.07, 6.45) is 5.47. The normalized spacial score (nSPS) is 16.1. The van der Waals surface area contributed by atoms with E-state index in [-0.39, 0.29) is 56.5 Å². The van der Waals surface area contributed by atoms with E-state index in [9.17, 15) is 26.9 Å². The molecule has 0 amide bonds. The molecule has 290 valence electrons. The summed E-state index contributed by atoms with van der Waals surface area (Å²) in [5.41, 5.74) is 6.37. The molecule has 0 unspecified atom stereocenters. The van der Waals surface area contributed by atoms with Gasteiger partial charge in [-0.25, -0.2) is 26.8 Å². The summed E-state index contributed by atoms with van der Waals surface area (Å²) in [7, 11) is -4.33. The number of nitro groups is 1. The highest BCUT2D eigenvalue weighted by molar-refractivity contribution is 7.89. The van der Waals surface area contributed by atoms with Crippen molar-refractivity contribution < 1.29 is 31.2 Å². The molecule has 4 N–H and O–H groups in total. The highest BCUT2D eigenvalue weighted by Crippen LogP contribution is 2.32. The van der Waals surface area contributed by atoms with Gasteiger partial charge >= 0.3 is 5.69 Å². The van der Waals surface area contributed by atoms with Gasteiger partial charge in [0, 0.05) is 56.7 Å². The molecular weight excluding hydrogens is 783 g/mol. The lowest BCUT2D eigenvalue weighted by molar-refractivity contribution is -0.384. The molecule has 6 rings (SSSR count). The highest BCUT2D eigenvalue weighted by atomic mass is 35.5. The summed E-state index contributed by atoms with van der Waals surface area (Å²) in [6, 6.07) is 15.3. The molecule has 2 aromatic carbocycles. The summed E-state index contributed by atoms with van der Waals surface area (Å²) in [5.74, 6) is 1.67. The summed E-state index contributed by atoms with van der Waals surface area (Å²) < 4.78 is 64.4. The maximum Gasteiger partial charge on any atom is 0.311 e. The SMILES string of the molecule is COc1ccc(S(=O)(=O)N2CCC(Nc3ncccc3N)CC2)cc1Cl.COc1ccc(S(=O)(=O)N2CCC(Nc3ncccc3[N+](=O)[O-])CC2)cc1Cl. The number of hydrogen-bond donors (Lipinski definition) is 3. The molecule has 0 spiro atoms. The van der Waals surface area contributed by atoms with Crippen LogP contribution in [0.4, 0.5) is 23.0 Å². The Kier molecular flexibility index (Phi) is 13.4. The van der Waals surface area contributed by atoms with Crippen molar-refractivity contribution in [1.29, 1.82) is 0 Å². The van der Waals surface area contributed by atoms with Crippen LogP contribution in [-0.4, -0.2) is 92.8 Å². The van der Waals surface area contributed by atoms with Crippen LogP contribution in [-0.2, 0) is 20.0 Å². The Morgan fingerprint density at radius 1 is 0.741 bits per heavy atom. The Hall–Kier alpha value is -4.46. The molecule has 2 aliphatic heterocycles. The quantitative estimate of drug-likeness (QED) is 0.126. The standard InChI is InChI=1S/C17H19ClN4O5S.C17H21ClN4O3S/c1-27-16-5-4-13(11-14(16)18)28(25,26)21-9-6-12(7-10-21)20-17-15(22(23)24)3-2-8-19-17;1-25-16-5-4-13(11-14(16)18)26(23,24)22-9-6-12(7-10-22)21-17-15(19)3-2-8-20-17/h2-5,8,11-12H,6-7,9-10H2,1H3,(H,19,20);2-5,8,11-12H,6-7,9-10,19H2,1H3,(H,20,21). The molecule has 16 nitrogen and oxygen atoms in total. The smallest absolute Gasteiger partial charge is 0.311 e. The van der Waals surface area contributed by atoms with E-state index < -0.39 is 25.0 Å². The van der Waals surface area contributed by atoms with Crippen molar-refractivity contribution in [3.63, 3.8) is 0 Å². The Bertz CT molecular complexity index is 2170. The summed E-state index contributed by atoms with van der Waals surface area (Å²) in [4.78, 5) is 19.1. The average molecular weight is 824 g/mol. The molecule has 0 radical (unpaired) electrons. The molecule has 54 heavy (non-hydrogen) atoms. The highest BCUT2D eigenvalue weighted by Gasteiger charge is 2.32. The number of nitrogen functional groups attached to an aromatic ring is 1. The van der Waals surface area contributed by atoms with Crippen LogP contribution in [0.5, 0.6) is 11.5 Å². The summed E-state index contributed by atoms with van der Waals surface area (Å²) in [5, 5.41) is 17.9. The summed E-state index contributed by atoms with van der Waals surface area (Å²) in [6.45, 7) is 1.39. The van der Waals surface area contributed by atoms with Crippen molar-refractivity contribution in [3.05, 3.63) is 93.2 Å². The zero-order chi connectivity index (χ0) is 39.0. The van der Waals surface area contributed by atoms with Gasteiger partial charge in [-0.3, -0.25) is 10.1 Å². The predicted molar refractivity (Wildman–Crippen MR) is 206 cm³/mol. The third-order valence-electron chi connectivity index (χ3n) is 8.93. The van der Waals surface area contributed by atoms with Gasteiger partial charge in [0.1, 0.15) is 17.3 Å². The van der Waals surface area contributed by atoms with E-state index in [2.05, 4.69) is 20.6 Å². The van der Waals surface area contributed by atoms with E-state index in [0.29, 0.717) is 61.8 Å². The lowest BCUT2D eigenvalue weighted by Gasteiger charge is -2.32. The third kappa shape index (κ3) is 9.60. The number of anilines is 3. The number of sulfonamides is 2. The summed E-state index contributed by atoms with van der Waals surface area (Å²) >= 11 is 12.1. The van der Waals surface area contributed by atoms with Crippen molar-refractivity contribution in [2.24, 2.45) is 0 Å². The molecule has 0 bridgehead atoms. The Balaban J connectivity index is 0.000000208. The zero-order valence-electron chi connectivity index (χ0n) is 29.4. The van der Waals surface area contributed by atoms with Crippen LogP contribution in [0.25, 0.3) is 0 Å². The number of ether oxygens (including phenoxy) is 2. The fourth-order valence-corrected chi connectivity index (χ4v) is 9.61. The minimum absolute atomic E-state index is 0.102. The van der Waals surface area contributed by atoms with Gasteiger partial charge in [-0.05, 0) is 80.3 Å². The zero-order valence-corrected chi connectivity index (χ0v) is 32.5. The van der Waals surface area contributed by atoms with Crippen LogP contribution in [0.1, 0.15) is 25.7 Å². The molecule has 4 aromatic rings. The van der Waals surface area contributed by atoms with E-state index in [4.69, 9.17) is 38.4 Å². The lowest BCUT2D eigenvalue weighted by Crippen LogP contribution is -2.42. The number of hydrogen-bond acceptors (Lipinski definition) is 13. The minimum atomic E-state index is -3.69. The Morgan fingerprint density at radius 2 is 1.17 bits per heavy atom. The van der Waals surface area contributed by atoms with Crippen LogP contribution < -0.4 is 25.8 Å². The second-order valence-corrected chi connectivity index (χ2v) is 17.0. The number of nitrogens with one attached hydrogen (secondary N) is 2. The number of benzene rings is 2. The number of halogens is 2. The van der Waals surface area contributed by atoms with Crippen LogP contribution in [0.15, 0.2) is 82.8 Å². The maximum absolute atomic E-state index is 12.9. The second-order valence-electron chi connectivity index (χ2n) is 12.3. The fourth-order valence-electron chi connectivity index (χ4n) is 5.97. The number of rotatable bonds is 11. The van der Waals surface area contributed by atoms with Crippen molar-refractivity contribution in [1.82, 2.24) is 18.6 Å². The Morgan fingerprint density at radius 3 is 1.57 bits per heavy atom. The number of pyridine rings is 2. The van der Waals surface area contributed by atoms with E-state index >= 15 is 0 Å². The predicted octanol–water partition coefficient (Wildman–Crippen LogP) is 5.51. The van der Waals surface area contributed by atoms with Crippen LogP contribution in [0.2, 0.25) is 10.0 Å². The van der Waals surface area contributed by atoms with Crippen molar-refractivity contribution in [2.45, 2.75) is 47.6 Å². The first-order chi connectivity index (χ1) is 25.7. The van der Waals surface area contributed by atoms with Crippen LogP contribution in [0.3, 0.4) is 0 Å². The topological polar surface area (TPSA) is 212 Å².